The van der Waals surface area contributed by atoms with Crippen LogP contribution < -0.4 is 5.32 Å². The largest absolute Gasteiger partial charge is 0.434 e. The van der Waals surface area contributed by atoms with Crippen molar-refractivity contribution in [2.24, 2.45) is 0 Å². The molecular weight excluding hydrogens is 347 g/mol. The molecule has 2 aromatic carbocycles. The van der Waals surface area contributed by atoms with Crippen LogP contribution in [0.1, 0.15) is 15.9 Å². The molecule has 0 atom stereocenters. The summed E-state index contributed by atoms with van der Waals surface area (Å²) in [4.78, 5) is 20.7. The number of nitrogens with one attached hydrogen (secondary N) is 1. The molecule has 0 aliphatic rings. The van der Waals surface area contributed by atoms with Gasteiger partial charge in [-0.2, -0.15) is 10.2 Å². The quantitative estimate of drug-likeness (QED) is 0.594. The fourth-order valence-corrected chi connectivity index (χ4v) is 2.56. The molecule has 4 rings (SSSR count). The Hall–Kier alpha value is -4.05. The molecule has 1 amide bonds. The van der Waals surface area contributed by atoms with E-state index in [0.29, 0.717) is 22.8 Å². The number of carbonyl (C=O) groups is 1. The minimum Gasteiger partial charge on any atom is -0.434 e. The Bertz CT molecular complexity index is 1160. The first-order chi connectivity index (χ1) is 13.1. The molecule has 0 saturated heterocycles. The van der Waals surface area contributed by atoms with Gasteiger partial charge in [0.2, 0.25) is 5.89 Å². The van der Waals surface area contributed by atoms with Crippen molar-refractivity contribution in [1.82, 2.24) is 9.97 Å². The van der Waals surface area contributed by atoms with E-state index in [1.54, 1.807) is 42.6 Å². The zero-order valence-corrected chi connectivity index (χ0v) is 13.8. The molecule has 6 nitrogen and oxygen atoms in total. The van der Waals surface area contributed by atoms with E-state index < -0.39 is 11.7 Å². The molecule has 0 spiro atoms. The highest BCUT2D eigenvalue weighted by atomic mass is 19.1. The summed E-state index contributed by atoms with van der Waals surface area (Å²) in [5.74, 6) is -0.933. The fourth-order valence-electron chi connectivity index (χ4n) is 2.56. The minimum atomic E-state index is -0.748. The van der Waals surface area contributed by atoms with E-state index >= 15 is 0 Å². The second kappa shape index (κ2) is 6.69. The maximum Gasteiger partial charge on any atom is 0.258 e. The van der Waals surface area contributed by atoms with Crippen molar-refractivity contribution in [3.8, 4) is 17.5 Å². The summed E-state index contributed by atoms with van der Waals surface area (Å²) in [5.41, 5.74) is 2.32. The lowest BCUT2D eigenvalue weighted by Gasteiger charge is -2.07. The number of halogens is 1. The third-order valence-corrected chi connectivity index (χ3v) is 3.90. The van der Waals surface area contributed by atoms with Gasteiger partial charge in [0, 0.05) is 17.4 Å². The van der Waals surface area contributed by atoms with Gasteiger partial charge in [0.1, 0.15) is 5.82 Å². The van der Waals surface area contributed by atoms with Crippen molar-refractivity contribution in [2.75, 3.05) is 5.32 Å². The number of anilines is 1. The molecule has 0 fully saturated rings. The predicted octanol–water partition coefficient (Wildman–Crippen LogP) is 4.15. The monoisotopic (exact) mass is 358 g/mol. The van der Waals surface area contributed by atoms with Gasteiger partial charge in [-0.05, 0) is 54.6 Å². The number of oxazole rings is 1. The number of aromatic nitrogens is 2. The molecule has 130 valence electrons. The van der Waals surface area contributed by atoms with E-state index in [9.17, 15) is 9.18 Å². The van der Waals surface area contributed by atoms with E-state index in [1.165, 1.54) is 12.1 Å². The first kappa shape index (κ1) is 16.4. The van der Waals surface area contributed by atoms with E-state index in [4.69, 9.17) is 9.68 Å². The first-order valence-corrected chi connectivity index (χ1v) is 7.97. The maximum atomic E-state index is 13.9. The topological polar surface area (TPSA) is 91.8 Å². The van der Waals surface area contributed by atoms with Crippen molar-refractivity contribution >= 4 is 22.8 Å². The molecule has 27 heavy (non-hydrogen) atoms. The number of nitrogens with zero attached hydrogens (tertiary/aromatic N) is 3. The maximum absolute atomic E-state index is 13.9. The second-order valence-electron chi connectivity index (χ2n) is 5.68. The predicted molar refractivity (Wildman–Crippen MR) is 96.3 cm³/mol. The van der Waals surface area contributed by atoms with Crippen LogP contribution in [0.3, 0.4) is 0 Å². The Morgan fingerprint density at radius 1 is 1.15 bits per heavy atom. The van der Waals surface area contributed by atoms with Crippen LogP contribution in [0, 0.1) is 17.1 Å². The van der Waals surface area contributed by atoms with Gasteiger partial charge in [0.25, 0.3) is 5.91 Å². The SMILES string of the molecule is N#Cc1ccc(C(=O)Nc2ccc(-c3nc4ncccc4o3)cc2)c(F)c1. The summed E-state index contributed by atoms with van der Waals surface area (Å²) in [6, 6.07) is 15.9. The molecule has 4 aromatic rings. The van der Waals surface area contributed by atoms with Crippen molar-refractivity contribution in [1.29, 1.82) is 5.26 Å². The smallest absolute Gasteiger partial charge is 0.258 e. The summed E-state index contributed by atoms with van der Waals surface area (Å²) < 4.78 is 19.6. The van der Waals surface area contributed by atoms with Gasteiger partial charge in [-0.25, -0.2) is 9.37 Å². The van der Waals surface area contributed by atoms with E-state index in [-0.39, 0.29) is 11.1 Å². The van der Waals surface area contributed by atoms with Crippen molar-refractivity contribution in [3.05, 3.63) is 77.7 Å². The highest BCUT2D eigenvalue weighted by molar-refractivity contribution is 6.04. The summed E-state index contributed by atoms with van der Waals surface area (Å²) in [6.45, 7) is 0. The lowest BCUT2D eigenvalue weighted by atomic mass is 10.1. The van der Waals surface area contributed by atoms with E-state index in [1.807, 2.05) is 6.07 Å². The zero-order chi connectivity index (χ0) is 18.8. The molecule has 0 aliphatic heterocycles. The Balaban J connectivity index is 1.54. The van der Waals surface area contributed by atoms with Crippen LogP contribution in [-0.2, 0) is 0 Å². The Labute approximate surface area is 152 Å². The lowest BCUT2D eigenvalue weighted by Crippen LogP contribution is -2.13. The van der Waals surface area contributed by atoms with Crippen molar-refractivity contribution in [2.45, 2.75) is 0 Å². The molecule has 7 heteroatoms. The highest BCUT2D eigenvalue weighted by Crippen LogP contribution is 2.24. The van der Waals surface area contributed by atoms with Gasteiger partial charge >= 0.3 is 0 Å². The summed E-state index contributed by atoms with van der Waals surface area (Å²) in [5, 5.41) is 11.4. The molecule has 0 bridgehead atoms. The lowest BCUT2D eigenvalue weighted by molar-refractivity contribution is 0.102. The van der Waals surface area contributed by atoms with Crippen LogP contribution in [0.5, 0.6) is 0 Å². The Kier molecular flexibility index (Phi) is 4.07. The fraction of sp³-hybridized carbons (Fsp3) is 0. The summed E-state index contributed by atoms with van der Waals surface area (Å²) >= 11 is 0. The standard InChI is InChI=1S/C20H11FN4O2/c21-16-10-12(11-22)3-8-15(16)19(26)24-14-6-4-13(5-7-14)20-25-18-17(27-20)2-1-9-23-18/h1-10H,(H,24,26). The number of rotatable bonds is 3. The average Bonchev–Trinajstić information content (AvgIpc) is 3.12. The Morgan fingerprint density at radius 2 is 1.96 bits per heavy atom. The average molecular weight is 358 g/mol. The number of hydrogen-bond donors (Lipinski definition) is 1. The van der Waals surface area contributed by atoms with Gasteiger partial charge in [-0.1, -0.05) is 0 Å². The first-order valence-electron chi connectivity index (χ1n) is 7.97. The number of benzene rings is 2. The van der Waals surface area contributed by atoms with Gasteiger partial charge in [-0.15, -0.1) is 0 Å². The minimum absolute atomic E-state index is 0.136. The number of nitriles is 1. The number of carbonyl (C=O) groups excluding carboxylic acids is 1. The van der Waals surface area contributed by atoms with Crippen LogP contribution in [0.2, 0.25) is 0 Å². The third kappa shape index (κ3) is 3.24. The van der Waals surface area contributed by atoms with Crippen LogP contribution in [0.4, 0.5) is 10.1 Å². The van der Waals surface area contributed by atoms with Gasteiger partial charge < -0.3 is 9.73 Å². The van der Waals surface area contributed by atoms with Crippen LogP contribution in [0.15, 0.2) is 65.2 Å². The molecular formula is C20H11FN4O2. The zero-order valence-electron chi connectivity index (χ0n) is 13.8. The third-order valence-electron chi connectivity index (χ3n) is 3.90. The number of fused-ring (bicyclic) bond motifs is 1. The Morgan fingerprint density at radius 3 is 2.67 bits per heavy atom. The van der Waals surface area contributed by atoms with Crippen LogP contribution in [0.25, 0.3) is 22.7 Å². The normalized spacial score (nSPS) is 10.5. The van der Waals surface area contributed by atoms with Crippen LogP contribution in [-0.4, -0.2) is 15.9 Å². The van der Waals surface area contributed by atoms with Gasteiger partial charge in [0.05, 0.1) is 17.2 Å². The van der Waals surface area contributed by atoms with E-state index in [2.05, 4.69) is 15.3 Å². The molecule has 0 aliphatic carbocycles. The number of pyridine rings is 1. The molecule has 2 heterocycles. The number of amides is 1. The van der Waals surface area contributed by atoms with Crippen molar-refractivity contribution in [3.63, 3.8) is 0 Å². The van der Waals surface area contributed by atoms with E-state index in [0.717, 1.165) is 11.6 Å². The molecule has 1 N–H and O–H groups in total. The molecule has 0 unspecified atom stereocenters. The molecule has 2 aromatic heterocycles. The van der Waals surface area contributed by atoms with Gasteiger partial charge in [0.15, 0.2) is 11.2 Å². The summed E-state index contributed by atoms with van der Waals surface area (Å²) in [7, 11) is 0. The molecule has 0 radical (unpaired) electrons. The molecule has 0 saturated carbocycles. The second-order valence-corrected chi connectivity index (χ2v) is 5.68. The highest BCUT2D eigenvalue weighted by Gasteiger charge is 2.13. The number of hydrogen-bond acceptors (Lipinski definition) is 5. The van der Waals surface area contributed by atoms with Crippen molar-refractivity contribution < 1.29 is 13.6 Å². The summed E-state index contributed by atoms with van der Waals surface area (Å²) in [6.07, 6.45) is 1.63. The van der Waals surface area contributed by atoms with Gasteiger partial charge in [-0.3, -0.25) is 4.79 Å². The van der Waals surface area contributed by atoms with Crippen LogP contribution >= 0.6 is 0 Å².